The summed E-state index contributed by atoms with van der Waals surface area (Å²) in [6, 6.07) is 9.17. The van der Waals surface area contributed by atoms with E-state index in [1.165, 1.54) is 0 Å². The number of aliphatic hydroxyl groups excluding tert-OH is 1. The van der Waals surface area contributed by atoms with Gasteiger partial charge in [-0.25, -0.2) is 8.42 Å². The zero-order chi connectivity index (χ0) is 15.3. The number of nitrogens with one attached hydrogen (secondary N) is 3. The average Bonchev–Trinajstić information content (AvgIpc) is 2.68. The third kappa shape index (κ3) is 5.24. The van der Waals surface area contributed by atoms with E-state index in [-0.39, 0.29) is 11.5 Å². The summed E-state index contributed by atoms with van der Waals surface area (Å²) in [5.74, 6) is -0.174. The lowest BCUT2D eigenvalue weighted by Crippen LogP contribution is -2.43. The molecular weight excluding hydrogens is 310 g/mol. The van der Waals surface area contributed by atoms with Crippen LogP contribution in [-0.4, -0.2) is 55.4 Å². The Morgan fingerprint density at radius 1 is 1.24 bits per heavy atom. The summed E-state index contributed by atoms with van der Waals surface area (Å²) in [4.78, 5) is 0. The molecule has 1 saturated heterocycles. The van der Waals surface area contributed by atoms with Crippen LogP contribution in [0.5, 0.6) is 0 Å². The third-order valence-corrected chi connectivity index (χ3v) is 5.13. The number of rotatable bonds is 5. The highest BCUT2D eigenvalue weighted by Crippen LogP contribution is 2.11. The van der Waals surface area contributed by atoms with E-state index in [0.29, 0.717) is 18.2 Å². The van der Waals surface area contributed by atoms with Crippen molar-refractivity contribution in [3.8, 4) is 0 Å². The molecule has 1 aromatic rings. The van der Waals surface area contributed by atoms with Gasteiger partial charge in [0.1, 0.15) is 0 Å². The van der Waals surface area contributed by atoms with Crippen LogP contribution in [0, 0.1) is 0 Å². The Hall–Kier alpha value is -1.22. The predicted molar refractivity (Wildman–Crippen MR) is 87.1 cm³/mol. The molecule has 0 aliphatic carbocycles. The summed E-state index contributed by atoms with van der Waals surface area (Å²) in [5.41, 5.74) is 0.903. The lowest BCUT2D eigenvalue weighted by atomic mass is 10.2. The molecule has 1 aromatic carbocycles. The molecule has 0 saturated carbocycles. The second kappa shape index (κ2) is 7.17. The fourth-order valence-electron chi connectivity index (χ4n) is 2.15. The van der Waals surface area contributed by atoms with Gasteiger partial charge in [0.25, 0.3) is 0 Å². The van der Waals surface area contributed by atoms with Crippen molar-refractivity contribution in [1.29, 1.82) is 0 Å². The highest BCUT2D eigenvalue weighted by atomic mass is 32.2. The second-order valence-corrected chi connectivity index (χ2v) is 7.51. The molecule has 4 N–H and O–H groups in total. The van der Waals surface area contributed by atoms with Crippen molar-refractivity contribution in [2.45, 2.75) is 12.1 Å². The fourth-order valence-corrected chi connectivity index (χ4v) is 4.15. The minimum Gasteiger partial charge on any atom is -0.390 e. The summed E-state index contributed by atoms with van der Waals surface area (Å²) in [6.07, 6.45) is -0.829. The van der Waals surface area contributed by atoms with E-state index in [2.05, 4.69) is 16.0 Å². The van der Waals surface area contributed by atoms with Gasteiger partial charge in [-0.3, -0.25) is 0 Å². The van der Waals surface area contributed by atoms with Gasteiger partial charge < -0.3 is 21.1 Å². The van der Waals surface area contributed by atoms with E-state index in [4.69, 9.17) is 12.2 Å². The van der Waals surface area contributed by atoms with Crippen molar-refractivity contribution >= 4 is 32.9 Å². The summed E-state index contributed by atoms with van der Waals surface area (Å²) < 4.78 is 22.7. The molecule has 1 aliphatic heterocycles. The molecule has 0 radical (unpaired) electrons. The van der Waals surface area contributed by atoms with Crippen molar-refractivity contribution in [2.24, 2.45) is 0 Å². The number of sulfone groups is 1. The maximum atomic E-state index is 11.3. The third-order valence-electron chi connectivity index (χ3n) is 3.17. The van der Waals surface area contributed by atoms with Crippen LogP contribution in [0.15, 0.2) is 30.3 Å². The number of hydrogen-bond donors (Lipinski definition) is 4. The molecule has 21 heavy (non-hydrogen) atoms. The predicted octanol–water partition coefficient (Wildman–Crippen LogP) is -0.279. The van der Waals surface area contributed by atoms with Crippen LogP contribution < -0.4 is 16.0 Å². The van der Waals surface area contributed by atoms with E-state index in [1.807, 2.05) is 30.3 Å². The first-order valence-corrected chi connectivity index (χ1v) is 8.91. The minimum atomic E-state index is -3.11. The number of benzene rings is 1. The summed E-state index contributed by atoms with van der Waals surface area (Å²) >= 11 is 5.15. The van der Waals surface area contributed by atoms with Crippen molar-refractivity contribution in [2.75, 3.05) is 29.9 Å². The number of thiocarbonyl (C=S) groups is 1. The Morgan fingerprint density at radius 3 is 2.57 bits per heavy atom. The van der Waals surface area contributed by atoms with Crippen LogP contribution in [-0.2, 0) is 9.84 Å². The average molecular weight is 329 g/mol. The molecule has 0 amide bonds. The maximum absolute atomic E-state index is 11.3. The molecule has 0 bridgehead atoms. The maximum Gasteiger partial charge on any atom is 0.170 e. The Balaban J connectivity index is 1.65. The molecule has 0 spiro atoms. The van der Waals surface area contributed by atoms with Gasteiger partial charge in [0.05, 0.1) is 17.6 Å². The Morgan fingerprint density at radius 2 is 1.95 bits per heavy atom. The summed E-state index contributed by atoms with van der Waals surface area (Å²) in [7, 11) is -3.11. The molecule has 1 fully saturated rings. The number of para-hydroxylation sites is 1. The quantitative estimate of drug-likeness (QED) is 0.436. The number of aliphatic hydroxyl groups is 1. The van der Waals surface area contributed by atoms with Gasteiger partial charge in [-0.15, -0.1) is 0 Å². The molecular formula is C13H19N3O3S2. The summed E-state index contributed by atoms with van der Waals surface area (Å²) in [5, 5.41) is 19.2. The van der Waals surface area contributed by atoms with E-state index in [1.54, 1.807) is 0 Å². The smallest absolute Gasteiger partial charge is 0.170 e. The zero-order valence-electron chi connectivity index (χ0n) is 11.5. The topological polar surface area (TPSA) is 90.5 Å². The molecule has 1 heterocycles. The van der Waals surface area contributed by atoms with Gasteiger partial charge in [-0.2, -0.15) is 0 Å². The lowest BCUT2D eigenvalue weighted by molar-refractivity contribution is 0.166. The number of anilines is 1. The van der Waals surface area contributed by atoms with Crippen molar-refractivity contribution in [3.05, 3.63) is 30.3 Å². The Labute approximate surface area is 129 Å². The number of hydrogen-bond acceptors (Lipinski definition) is 5. The van der Waals surface area contributed by atoms with Crippen LogP contribution in [0.1, 0.15) is 0 Å². The summed E-state index contributed by atoms with van der Waals surface area (Å²) in [6.45, 7) is 1.07. The SMILES string of the molecule is O=S1(=O)C[C@@H](O)[C@@H](NCCNC(=S)Nc2ccccc2)C1. The highest BCUT2D eigenvalue weighted by Gasteiger charge is 2.35. The Bertz CT molecular complexity index is 578. The van der Waals surface area contributed by atoms with E-state index in [0.717, 1.165) is 5.69 Å². The van der Waals surface area contributed by atoms with E-state index >= 15 is 0 Å². The molecule has 116 valence electrons. The first-order valence-electron chi connectivity index (χ1n) is 6.68. The molecule has 2 atom stereocenters. The van der Waals surface area contributed by atoms with Crippen LogP contribution >= 0.6 is 12.2 Å². The zero-order valence-corrected chi connectivity index (χ0v) is 13.1. The van der Waals surface area contributed by atoms with Crippen LogP contribution in [0.2, 0.25) is 0 Å². The van der Waals surface area contributed by atoms with Gasteiger partial charge >= 0.3 is 0 Å². The molecule has 6 nitrogen and oxygen atoms in total. The Kier molecular flexibility index (Phi) is 5.51. The van der Waals surface area contributed by atoms with Crippen LogP contribution in [0.4, 0.5) is 5.69 Å². The highest BCUT2D eigenvalue weighted by molar-refractivity contribution is 7.91. The molecule has 1 aliphatic rings. The van der Waals surface area contributed by atoms with Crippen molar-refractivity contribution in [1.82, 2.24) is 10.6 Å². The van der Waals surface area contributed by atoms with Crippen molar-refractivity contribution < 1.29 is 13.5 Å². The normalized spacial score (nSPS) is 23.7. The van der Waals surface area contributed by atoms with E-state index < -0.39 is 22.0 Å². The van der Waals surface area contributed by atoms with Gasteiger partial charge in [0.15, 0.2) is 14.9 Å². The van der Waals surface area contributed by atoms with Gasteiger partial charge in [0, 0.05) is 24.8 Å². The lowest BCUT2D eigenvalue weighted by Gasteiger charge is -2.16. The fraction of sp³-hybridized carbons (Fsp3) is 0.462. The van der Waals surface area contributed by atoms with Crippen LogP contribution in [0.3, 0.4) is 0 Å². The van der Waals surface area contributed by atoms with Gasteiger partial charge in [0.2, 0.25) is 0 Å². The second-order valence-electron chi connectivity index (χ2n) is 4.95. The van der Waals surface area contributed by atoms with Crippen LogP contribution in [0.25, 0.3) is 0 Å². The van der Waals surface area contributed by atoms with Crippen molar-refractivity contribution in [3.63, 3.8) is 0 Å². The molecule has 8 heteroatoms. The van der Waals surface area contributed by atoms with E-state index in [9.17, 15) is 13.5 Å². The monoisotopic (exact) mass is 329 g/mol. The standard InChI is InChI=1S/C13H19N3O3S2/c17-12-9-21(18,19)8-11(12)14-6-7-15-13(20)16-10-4-2-1-3-5-10/h1-5,11-12,14,17H,6-9H2,(H2,15,16,20)/t11-,12+/m0/s1. The van der Waals surface area contributed by atoms with Gasteiger partial charge in [-0.05, 0) is 24.4 Å². The molecule has 0 unspecified atom stereocenters. The van der Waals surface area contributed by atoms with Gasteiger partial charge in [-0.1, -0.05) is 18.2 Å². The first kappa shape index (κ1) is 16.2. The largest absolute Gasteiger partial charge is 0.390 e. The first-order chi connectivity index (χ1) is 9.96. The minimum absolute atomic E-state index is 0.0130. The molecule has 2 rings (SSSR count). The molecule has 0 aromatic heterocycles.